The molecule has 0 radical (unpaired) electrons. The van der Waals surface area contributed by atoms with Crippen LogP contribution in [0.25, 0.3) is 0 Å². The molecular formula is C12H20N2O. The van der Waals surface area contributed by atoms with E-state index in [1.165, 1.54) is 5.56 Å². The Kier molecular flexibility index (Phi) is 4.24. The molecule has 0 spiro atoms. The maximum absolute atomic E-state index is 9.55. The van der Waals surface area contributed by atoms with Crippen molar-refractivity contribution >= 4 is 0 Å². The number of hydrogen-bond acceptors (Lipinski definition) is 3. The van der Waals surface area contributed by atoms with Crippen molar-refractivity contribution < 1.29 is 5.11 Å². The average molecular weight is 208 g/mol. The third-order valence-corrected chi connectivity index (χ3v) is 2.37. The second kappa shape index (κ2) is 5.24. The summed E-state index contributed by atoms with van der Waals surface area (Å²) in [6.45, 7) is 6.55. The van der Waals surface area contributed by atoms with Crippen LogP contribution in [-0.4, -0.2) is 22.2 Å². The van der Waals surface area contributed by atoms with Gasteiger partial charge in [0.1, 0.15) is 0 Å². The van der Waals surface area contributed by atoms with Crippen molar-refractivity contribution in [3.8, 4) is 0 Å². The van der Waals surface area contributed by atoms with Gasteiger partial charge in [0.25, 0.3) is 0 Å². The number of hydrogen-bond donors (Lipinski definition) is 2. The van der Waals surface area contributed by atoms with E-state index in [4.69, 9.17) is 0 Å². The first-order valence-electron chi connectivity index (χ1n) is 5.35. The molecule has 3 nitrogen and oxygen atoms in total. The van der Waals surface area contributed by atoms with E-state index in [-0.39, 0.29) is 6.04 Å². The standard InChI is InChI=1S/C12H20N2O/c1-10(11-5-4-7-13-9-11)14-8-6-12(2,3)15/h4-5,7,9-10,14-15H,6,8H2,1-3H3. The number of aromatic nitrogens is 1. The largest absolute Gasteiger partial charge is 0.390 e. The predicted molar refractivity (Wildman–Crippen MR) is 61.6 cm³/mol. The minimum Gasteiger partial charge on any atom is -0.390 e. The van der Waals surface area contributed by atoms with Crippen LogP contribution in [0.15, 0.2) is 24.5 Å². The summed E-state index contributed by atoms with van der Waals surface area (Å²) < 4.78 is 0. The molecule has 1 unspecified atom stereocenters. The Morgan fingerprint density at radius 1 is 1.53 bits per heavy atom. The molecule has 2 N–H and O–H groups in total. The summed E-state index contributed by atoms with van der Waals surface area (Å²) >= 11 is 0. The molecule has 3 heteroatoms. The van der Waals surface area contributed by atoms with Crippen molar-refractivity contribution in [1.29, 1.82) is 0 Å². The molecule has 0 saturated heterocycles. The lowest BCUT2D eigenvalue weighted by atomic mass is 10.1. The molecule has 0 aliphatic rings. The lowest BCUT2D eigenvalue weighted by Gasteiger charge is -2.19. The number of nitrogens with zero attached hydrogens (tertiary/aromatic N) is 1. The molecule has 1 heterocycles. The van der Waals surface area contributed by atoms with Gasteiger partial charge in [-0.1, -0.05) is 6.07 Å². The molecule has 0 aliphatic carbocycles. The third kappa shape index (κ3) is 4.91. The molecule has 15 heavy (non-hydrogen) atoms. The van der Waals surface area contributed by atoms with Crippen LogP contribution in [0.5, 0.6) is 0 Å². The molecule has 0 aliphatic heterocycles. The first kappa shape index (κ1) is 12.1. The van der Waals surface area contributed by atoms with Gasteiger partial charge in [0.2, 0.25) is 0 Å². The van der Waals surface area contributed by atoms with Crippen molar-refractivity contribution in [3.05, 3.63) is 30.1 Å². The molecule has 84 valence electrons. The SMILES string of the molecule is CC(NCCC(C)(C)O)c1cccnc1. The van der Waals surface area contributed by atoms with E-state index in [0.717, 1.165) is 13.0 Å². The van der Waals surface area contributed by atoms with Crippen LogP contribution in [-0.2, 0) is 0 Å². The third-order valence-electron chi connectivity index (χ3n) is 2.37. The summed E-state index contributed by atoms with van der Waals surface area (Å²) in [7, 11) is 0. The fourth-order valence-electron chi connectivity index (χ4n) is 1.34. The van der Waals surface area contributed by atoms with Gasteiger partial charge in [-0.25, -0.2) is 0 Å². The Bertz CT molecular complexity index is 279. The Balaban J connectivity index is 2.34. The maximum Gasteiger partial charge on any atom is 0.0603 e. The molecule has 0 fully saturated rings. The summed E-state index contributed by atoms with van der Waals surface area (Å²) in [5.74, 6) is 0. The van der Waals surface area contributed by atoms with Crippen molar-refractivity contribution in [2.24, 2.45) is 0 Å². The summed E-state index contributed by atoms with van der Waals surface area (Å²) in [4.78, 5) is 4.07. The average Bonchev–Trinajstić information content (AvgIpc) is 2.17. The van der Waals surface area contributed by atoms with Crippen LogP contribution < -0.4 is 5.32 Å². The van der Waals surface area contributed by atoms with Crippen LogP contribution in [0.2, 0.25) is 0 Å². The number of aliphatic hydroxyl groups is 1. The molecule has 1 aromatic rings. The highest BCUT2D eigenvalue weighted by Gasteiger charge is 2.12. The van der Waals surface area contributed by atoms with Crippen molar-refractivity contribution in [2.75, 3.05) is 6.54 Å². The second-order valence-corrected chi connectivity index (χ2v) is 4.52. The van der Waals surface area contributed by atoms with E-state index >= 15 is 0 Å². The molecule has 0 amide bonds. The normalized spacial score (nSPS) is 13.9. The molecule has 1 atom stereocenters. The van der Waals surface area contributed by atoms with E-state index in [2.05, 4.69) is 23.3 Å². The fraction of sp³-hybridized carbons (Fsp3) is 0.583. The monoisotopic (exact) mass is 208 g/mol. The first-order chi connectivity index (χ1) is 6.99. The number of nitrogens with one attached hydrogen (secondary N) is 1. The summed E-state index contributed by atoms with van der Waals surface area (Å²) in [5, 5.41) is 12.9. The van der Waals surface area contributed by atoms with Gasteiger partial charge < -0.3 is 10.4 Å². The summed E-state index contributed by atoms with van der Waals surface area (Å²) in [5.41, 5.74) is 0.579. The highest BCUT2D eigenvalue weighted by atomic mass is 16.3. The topological polar surface area (TPSA) is 45.1 Å². The lowest BCUT2D eigenvalue weighted by molar-refractivity contribution is 0.0705. The highest BCUT2D eigenvalue weighted by molar-refractivity contribution is 5.12. The van der Waals surface area contributed by atoms with Crippen LogP contribution in [0.4, 0.5) is 0 Å². The predicted octanol–water partition coefficient (Wildman–Crippen LogP) is 1.89. The van der Waals surface area contributed by atoms with E-state index < -0.39 is 5.60 Å². The van der Waals surface area contributed by atoms with Gasteiger partial charge >= 0.3 is 0 Å². The minimum atomic E-state index is -0.596. The van der Waals surface area contributed by atoms with Gasteiger partial charge in [0, 0.05) is 18.4 Å². The van der Waals surface area contributed by atoms with Crippen molar-refractivity contribution in [1.82, 2.24) is 10.3 Å². The van der Waals surface area contributed by atoms with Gasteiger partial charge in [0.15, 0.2) is 0 Å². The van der Waals surface area contributed by atoms with Gasteiger partial charge in [0.05, 0.1) is 5.60 Å². The Morgan fingerprint density at radius 2 is 2.27 bits per heavy atom. The van der Waals surface area contributed by atoms with E-state index in [9.17, 15) is 5.11 Å². The first-order valence-corrected chi connectivity index (χ1v) is 5.35. The van der Waals surface area contributed by atoms with Gasteiger partial charge in [-0.3, -0.25) is 4.98 Å². The maximum atomic E-state index is 9.55. The smallest absolute Gasteiger partial charge is 0.0603 e. The fourth-order valence-corrected chi connectivity index (χ4v) is 1.34. The molecule has 0 bridgehead atoms. The van der Waals surface area contributed by atoms with E-state index in [1.54, 1.807) is 6.20 Å². The summed E-state index contributed by atoms with van der Waals surface area (Å²) in [6, 6.07) is 4.26. The molecule has 1 rings (SSSR count). The Hall–Kier alpha value is -0.930. The Labute approximate surface area is 91.5 Å². The highest BCUT2D eigenvalue weighted by Crippen LogP contribution is 2.11. The number of rotatable bonds is 5. The van der Waals surface area contributed by atoms with Gasteiger partial charge in [-0.2, -0.15) is 0 Å². The minimum absolute atomic E-state index is 0.279. The molecule has 0 aromatic carbocycles. The van der Waals surface area contributed by atoms with Crippen LogP contribution in [0, 0.1) is 0 Å². The van der Waals surface area contributed by atoms with E-state index in [1.807, 2.05) is 26.1 Å². The lowest BCUT2D eigenvalue weighted by Crippen LogP contribution is -2.28. The van der Waals surface area contributed by atoms with Crippen LogP contribution in [0.1, 0.15) is 38.8 Å². The molecule has 1 aromatic heterocycles. The van der Waals surface area contributed by atoms with Crippen LogP contribution >= 0.6 is 0 Å². The Morgan fingerprint density at radius 3 is 2.80 bits per heavy atom. The van der Waals surface area contributed by atoms with Crippen molar-refractivity contribution in [2.45, 2.75) is 38.8 Å². The zero-order valence-electron chi connectivity index (χ0n) is 9.70. The van der Waals surface area contributed by atoms with Gasteiger partial charge in [-0.15, -0.1) is 0 Å². The molecular weight excluding hydrogens is 188 g/mol. The summed E-state index contributed by atoms with van der Waals surface area (Å²) in [6.07, 6.45) is 4.38. The zero-order chi connectivity index (χ0) is 11.3. The van der Waals surface area contributed by atoms with E-state index in [0.29, 0.717) is 0 Å². The molecule has 0 saturated carbocycles. The van der Waals surface area contributed by atoms with Crippen LogP contribution in [0.3, 0.4) is 0 Å². The van der Waals surface area contributed by atoms with Gasteiger partial charge in [-0.05, 0) is 45.4 Å². The van der Waals surface area contributed by atoms with Crippen molar-refractivity contribution in [3.63, 3.8) is 0 Å². The second-order valence-electron chi connectivity index (χ2n) is 4.52. The zero-order valence-corrected chi connectivity index (χ0v) is 9.70. The quantitative estimate of drug-likeness (QED) is 0.776. The number of pyridine rings is 1.